The first-order valence-electron chi connectivity index (χ1n) is 10.1. The summed E-state index contributed by atoms with van der Waals surface area (Å²) in [6.07, 6.45) is 9.65. The molecular weight excluding hydrogens is 328 g/mol. The van der Waals surface area contributed by atoms with E-state index in [-0.39, 0.29) is 29.2 Å². The molecule has 0 bridgehead atoms. The molecule has 5 unspecified atom stereocenters. The SMILES string of the molecule is CC(=O)OCC1(C)CCCC2(C)C3CCC(C)(C(=O)CO)C=C3CCC12. The van der Waals surface area contributed by atoms with Crippen molar-refractivity contribution in [2.45, 2.75) is 72.6 Å². The largest absolute Gasteiger partial charge is 0.465 e. The van der Waals surface area contributed by atoms with E-state index in [2.05, 4.69) is 19.9 Å². The number of carbonyl (C=O) groups excluding carboxylic acids is 2. The van der Waals surface area contributed by atoms with Gasteiger partial charge in [0, 0.05) is 17.8 Å². The van der Waals surface area contributed by atoms with Crippen molar-refractivity contribution in [2.24, 2.45) is 28.1 Å². The van der Waals surface area contributed by atoms with Crippen LogP contribution >= 0.6 is 0 Å². The maximum absolute atomic E-state index is 12.2. The number of ether oxygens (including phenoxy) is 1. The van der Waals surface area contributed by atoms with Gasteiger partial charge in [-0.3, -0.25) is 9.59 Å². The molecule has 0 aromatic rings. The van der Waals surface area contributed by atoms with Crippen molar-refractivity contribution >= 4 is 11.8 Å². The van der Waals surface area contributed by atoms with Crippen molar-refractivity contribution in [2.75, 3.05) is 13.2 Å². The zero-order valence-electron chi connectivity index (χ0n) is 16.8. The summed E-state index contributed by atoms with van der Waals surface area (Å²) >= 11 is 0. The number of hydrogen-bond acceptors (Lipinski definition) is 4. The van der Waals surface area contributed by atoms with Gasteiger partial charge < -0.3 is 9.84 Å². The zero-order valence-corrected chi connectivity index (χ0v) is 16.8. The van der Waals surface area contributed by atoms with E-state index in [1.54, 1.807) is 0 Å². The van der Waals surface area contributed by atoms with Crippen molar-refractivity contribution in [1.29, 1.82) is 0 Å². The van der Waals surface area contributed by atoms with Crippen LogP contribution in [0.3, 0.4) is 0 Å². The molecule has 3 rings (SSSR count). The highest BCUT2D eigenvalue weighted by Gasteiger charge is 2.56. The number of carbonyl (C=O) groups is 2. The number of hydrogen-bond donors (Lipinski definition) is 1. The number of ketones is 1. The fraction of sp³-hybridized carbons (Fsp3) is 0.818. The molecule has 0 aromatic carbocycles. The molecule has 2 fully saturated rings. The summed E-state index contributed by atoms with van der Waals surface area (Å²) in [6, 6.07) is 0. The molecule has 5 atom stereocenters. The zero-order chi connectivity index (χ0) is 19.2. The van der Waals surface area contributed by atoms with Gasteiger partial charge in [-0.2, -0.15) is 0 Å². The Morgan fingerprint density at radius 2 is 1.92 bits per heavy atom. The van der Waals surface area contributed by atoms with Crippen molar-refractivity contribution in [1.82, 2.24) is 0 Å². The second kappa shape index (κ2) is 6.78. The average Bonchev–Trinajstić information content (AvgIpc) is 2.58. The first kappa shape index (κ1) is 19.6. The van der Waals surface area contributed by atoms with Gasteiger partial charge in [0.2, 0.25) is 0 Å². The van der Waals surface area contributed by atoms with Crippen LogP contribution in [0.15, 0.2) is 11.6 Å². The summed E-state index contributed by atoms with van der Waals surface area (Å²) in [5.74, 6) is 0.811. The molecule has 4 heteroatoms. The van der Waals surface area contributed by atoms with Crippen LogP contribution in [-0.2, 0) is 14.3 Å². The van der Waals surface area contributed by atoms with Gasteiger partial charge in [0.1, 0.15) is 6.61 Å². The molecule has 4 nitrogen and oxygen atoms in total. The fourth-order valence-corrected chi connectivity index (χ4v) is 6.47. The molecule has 0 aromatic heterocycles. The monoisotopic (exact) mass is 362 g/mol. The van der Waals surface area contributed by atoms with E-state index in [4.69, 9.17) is 4.74 Å². The lowest BCUT2D eigenvalue weighted by atomic mass is 9.45. The number of allylic oxidation sites excluding steroid dienone is 2. The highest BCUT2D eigenvalue weighted by molar-refractivity contribution is 5.87. The van der Waals surface area contributed by atoms with Gasteiger partial charge in [0.25, 0.3) is 0 Å². The summed E-state index contributed by atoms with van der Waals surface area (Å²) < 4.78 is 5.47. The molecule has 3 aliphatic carbocycles. The van der Waals surface area contributed by atoms with Crippen LogP contribution in [0.4, 0.5) is 0 Å². The van der Waals surface area contributed by atoms with Gasteiger partial charge in [-0.25, -0.2) is 0 Å². The number of esters is 1. The van der Waals surface area contributed by atoms with Crippen LogP contribution in [0.5, 0.6) is 0 Å². The summed E-state index contributed by atoms with van der Waals surface area (Å²) in [7, 11) is 0. The van der Waals surface area contributed by atoms with Crippen LogP contribution in [-0.4, -0.2) is 30.1 Å². The summed E-state index contributed by atoms with van der Waals surface area (Å²) in [5.41, 5.74) is 1.18. The number of fused-ring (bicyclic) bond motifs is 3. The molecule has 3 aliphatic rings. The van der Waals surface area contributed by atoms with E-state index in [1.807, 2.05) is 6.92 Å². The van der Waals surface area contributed by atoms with Crippen molar-refractivity contribution < 1.29 is 19.4 Å². The predicted molar refractivity (Wildman–Crippen MR) is 100 cm³/mol. The molecule has 2 saturated carbocycles. The molecule has 0 heterocycles. The Balaban J connectivity index is 1.88. The van der Waals surface area contributed by atoms with E-state index >= 15 is 0 Å². The summed E-state index contributed by atoms with van der Waals surface area (Å²) in [4.78, 5) is 23.6. The third-order valence-electron chi connectivity index (χ3n) is 7.91. The van der Waals surface area contributed by atoms with Gasteiger partial charge in [0.05, 0.1) is 6.61 Å². The lowest BCUT2D eigenvalue weighted by molar-refractivity contribution is -0.153. The quantitative estimate of drug-likeness (QED) is 0.605. The van der Waals surface area contributed by atoms with Crippen LogP contribution in [0.25, 0.3) is 0 Å². The van der Waals surface area contributed by atoms with Gasteiger partial charge >= 0.3 is 5.97 Å². The number of aliphatic hydroxyl groups is 1. The van der Waals surface area contributed by atoms with E-state index in [1.165, 1.54) is 25.3 Å². The number of rotatable bonds is 4. The lowest BCUT2D eigenvalue weighted by Gasteiger charge is -2.60. The van der Waals surface area contributed by atoms with E-state index < -0.39 is 5.41 Å². The van der Waals surface area contributed by atoms with Crippen LogP contribution < -0.4 is 0 Å². The fourth-order valence-electron chi connectivity index (χ4n) is 6.47. The van der Waals surface area contributed by atoms with Gasteiger partial charge in [-0.15, -0.1) is 0 Å². The molecule has 0 radical (unpaired) electrons. The highest BCUT2D eigenvalue weighted by Crippen LogP contribution is 2.63. The van der Waals surface area contributed by atoms with Crippen LogP contribution in [0.2, 0.25) is 0 Å². The smallest absolute Gasteiger partial charge is 0.302 e. The average molecular weight is 363 g/mol. The Hall–Kier alpha value is -1.16. The number of aliphatic hydroxyl groups excluding tert-OH is 1. The minimum Gasteiger partial charge on any atom is -0.465 e. The van der Waals surface area contributed by atoms with Crippen molar-refractivity contribution in [3.8, 4) is 0 Å². The Kier molecular flexibility index (Phi) is 5.11. The topological polar surface area (TPSA) is 63.6 Å². The van der Waals surface area contributed by atoms with Crippen LogP contribution in [0.1, 0.15) is 72.6 Å². The van der Waals surface area contributed by atoms with E-state index in [0.717, 1.165) is 32.1 Å². The Bertz CT molecular complexity index is 624. The summed E-state index contributed by atoms with van der Waals surface area (Å²) in [6.45, 7) is 8.36. The standard InChI is InChI=1S/C22H34O4/c1-15(24)26-14-21(3)9-5-10-22(4)17-8-11-20(2,19(25)13-23)12-16(17)6-7-18(21)22/h12,17-18,23H,5-11,13-14H2,1-4H3. The Morgan fingerprint density at radius 3 is 2.58 bits per heavy atom. The van der Waals surface area contributed by atoms with Crippen LogP contribution in [0, 0.1) is 28.1 Å². The summed E-state index contributed by atoms with van der Waals surface area (Å²) in [5, 5.41) is 9.34. The molecule has 146 valence electrons. The minimum atomic E-state index is -0.501. The minimum absolute atomic E-state index is 0.0475. The lowest BCUT2D eigenvalue weighted by Crippen LogP contribution is -2.53. The second-order valence-corrected chi connectivity index (χ2v) is 9.69. The molecule has 0 aliphatic heterocycles. The highest BCUT2D eigenvalue weighted by atomic mass is 16.5. The maximum Gasteiger partial charge on any atom is 0.302 e. The molecular formula is C22H34O4. The molecule has 0 amide bonds. The molecule has 26 heavy (non-hydrogen) atoms. The van der Waals surface area contributed by atoms with E-state index in [9.17, 15) is 14.7 Å². The molecule has 0 saturated heterocycles. The van der Waals surface area contributed by atoms with Gasteiger partial charge in [-0.05, 0) is 62.7 Å². The van der Waals surface area contributed by atoms with Crippen molar-refractivity contribution in [3.63, 3.8) is 0 Å². The van der Waals surface area contributed by atoms with Gasteiger partial charge in [-0.1, -0.05) is 31.9 Å². The maximum atomic E-state index is 12.2. The Labute approximate surface area is 157 Å². The second-order valence-electron chi connectivity index (χ2n) is 9.69. The first-order valence-corrected chi connectivity index (χ1v) is 10.1. The van der Waals surface area contributed by atoms with Crippen molar-refractivity contribution in [3.05, 3.63) is 11.6 Å². The first-order chi connectivity index (χ1) is 12.1. The predicted octanol–water partition coefficient (Wildman–Crippen LogP) is 4.06. The third kappa shape index (κ3) is 3.15. The molecule has 1 N–H and O–H groups in total. The number of Topliss-reactive ketones (excluding diaryl/α,β-unsaturated/α-hetero) is 1. The van der Waals surface area contributed by atoms with E-state index in [0.29, 0.717) is 18.4 Å². The Morgan fingerprint density at radius 1 is 1.19 bits per heavy atom. The molecule has 0 spiro atoms. The third-order valence-corrected chi connectivity index (χ3v) is 7.91. The normalized spacial score (nSPS) is 42.3. The van der Waals surface area contributed by atoms with Gasteiger partial charge in [0.15, 0.2) is 5.78 Å².